The maximum absolute atomic E-state index is 12.4. The molecule has 0 aromatic carbocycles. The number of rotatable bonds is 16. The van der Waals surface area contributed by atoms with Crippen LogP contribution in [0.3, 0.4) is 0 Å². The highest BCUT2D eigenvalue weighted by molar-refractivity contribution is 6.01. The molecule has 0 heterocycles. The van der Waals surface area contributed by atoms with Gasteiger partial charge < -0.3 is 15.5 Å². The second kappa shape index (κ2) is 15.6. The first kappa shape index (κ1) is 23.1. The molecule has 0 spiro atoms. The van der Waals surface area contributed by atoms with E-state index >= 15 is 0 Å². The molecular formula is C19H37NO4. The van der Waals surface area contributed by atoms with Gasteiger partial charge in [-0.3, -0.25) is 9.59 Å². The molecule has 24 heavy (non-hydrogen) atoms. The molecule has 142 valence electrons. The molecule has 1 amide bonds. The Morgan fingerprint density at radius 1 is 0.875 bits per heavy atom. The lowest BCUT2D eigenvalue weighted by Gasteiger charge is -2.18. The fourth-order valence-corrected chi connectivity index (χ4v) is 2.75. The number of hydrogen-bond acceptors (Lipinski definition) is 4. The fraction of sp³-hybridized carbons (Fsp3) is 0.895. The second-order valence-electron chi connectivity index (χ2n) is 6.57. The Labute approximate surface area is 147 Å². The van der Waals surface area contributed by atoms with Crippen LogP contribution in [-0.4, -0.2) is 34.7 Å². The van der Waals surface area contributed by atoms with E-state index in [9.17, 15) is 14.7 Å². The molecule has 0 aliphatic rings. The molecule has 0 saturated carbocycles. The van der Waals surface area contributed by atoms with Gasteiger partial charge in [0, 0.05) is 19.4 Å². The highest BCUT2D eigenvalue weighted by atomic mass is 16.3. The van der Waals surface area contributed by atoms with Crippen molar-refractivity contribution in [3.05, 3.63) is 0 Å². The van der Waals surface area contributed by atoms with Crippen LogP contribution in [0.5, 0.6) is 0 Å². The number of aliphatic hydroxyl groups excluding tert-OH is 2. The number of unbranched alkanes of at least 4 members (excludes halogenated alkanes) is 7. The maximum atomic E-state index is 12.4. The lowest BCUT2D eigenvalue weighted by atomic mass is 9.92. The molecule has 0 saturated heterocycles. The predicted molar refractivity (Wildman–Crippen MR) is 96.5 cm³/mol. The summed E-state index contributed by atoms with van der Waals surface area (Å²) in [6.45, 7) is 4.07. The second-order valence-corrected chi connectivity index (χ2v) is 6.57. The lowest BCUT2D eigenvalue weighted by Crippen LogP contribution is -2.42. The van der Waals surface area contributed by atoms with Crippen LogP contribution in [0.1, 0.15) is 90.9 Å². The summed E-state index contributed by atoms with van der Waals surface area (Å²) in [5, 5.41) is 20.9. The first-order chi connectivity index (χ1) is 11.6. The quantitative estimate of drug-likeness (QED) is 0.228. The first-order valence-corrected chi connectivity index (χ1v) is 9.68. The number of hydrogen-bond donors (Lipinski definition) is 3. The van der Waals surface area contributed by atoms with Crippen LogP contribution in [0.2, 0.25) is 0 Å². The van der Waals surface area contributed by atoms with E-state index in [0.29, 0.717) is 12.8 Å². The topological polar surface area (TPSA) is 86.6 Å². The van der Waals surface area contributed by atoms with Gasteiger partial charge in [-0.25, -0.2) is 0 Å². The highest BCUT2D eigenvalue weighted by Crippen LogP contribution is 2.17. The summed E-state index contributed by atoms with van der Waals surface area (Å²) >= 11 is 0. The summed E-state index contributed by atoms with van der Waals surface area (Å²) < 4.78 is 0. The van der Waals surface area contributed by atoms with Crippen LogP contribution in [-0.2, 0) is 9.59 Å². The fourth-order valence-electron chi connectivity index (χ4n) is 2.75. The Hall–Kier alpha value is -0.940. The summed E-state index contributed by atoms with van der Waals surface area (Å²) in [7, 11) is 0. The van der Waals surface area contributed by atoms with Gasteiger partial charge in [0.1, 0.15) is 12.0 Å². The number of nitrogens with one attached hydrogen (secondary N) is 1. The van der Waals surface area contributed by atoms with Gasteiger partial charge in [0.15, 0.2) is 0 Å². The Kier molecular flexibility index (Phi) is 15.0. The minimum absolute atomic E-state index is 0.0169. The van der Waals surface area contributed by atoms with Gasteiger partial charge in [-0.15, -0.1) is 0 Å². The van der Waals surface area contributed by atoms with E-state index in [-0.39, 0.29) is 18.8 Å². The number of Topliss-reactive ketones (excluding diaryl/α,β-unsaturated/α-hetero) is 1. The van der Waals surface area contributed by atoms with Crippen molar-refractivity contribution in [2.75, 3.05) is 6.61 Å². The molecule has 0 aromatic rings. The Balaban J connectivity index is 4.42. The van der Waals surface area contributed by atoms with Crippen molar-refractivity contribution in [2.45, 2.75) is 97.1 Å². The minimum Gasteiger partial charge on any atom is -0.396 e. The van der Waals surface area contributed by atoms with Gasteiger partial charge in [0.25, 0.3) is 0 Å². The van der Waals surface area contributed by atoms with Gasteiger partial charge in [-0.1, -0.05) is 65.2 Å². The summed E-state index contributed by atoms with van der Waals surface area (Å²) in [5.74, 6) is -1.08. The third-order valence-corrected chi connectivity index (χ3v) is 4.29. The third kappa shape index (κ3) is 11.6. The van der Waals surface area contributed by atoms with Gasteiger partial charge in [-0.2, -0.15) is 0 Å². The van der Waals surface area contributed by atoms with Crippen LogP contribution >= 0.6 is 0 Å². The highest BCUT2D eigenvalue weighted by Gasteiger charge is 2.26. The van der Waals surface area contributed by atoms with Crippen molar-refractivity contribution < 1.29 is 19.8 Å². The van der Waals surface area contributed by atoms with E-state index in [1.165, 1.54) is 12.8 Å². The molecule has 2 atom stereocenters. The molecule has 5 heteroatoms. The number of carbonyl (C=O) groups is 2. The van der Waals surface area contributed by atoms with Crippen LogP contribution in [0.15, 0.2) is 0 Å². The minimum atomic E-state index is -1.09. The zero-order valence-electron chi connectivity index (χ0n) is 15.6. The van der Waals surface area contributed by atoms with Crippen LogP contribution < -0.4 is 5.32 Å². The first-order valence-electron chi connectivity index (χ1n) is 9.68. The van der Waals surface area contributed by atoms with Gasteiger partial charge in [0.2, 0.25) is 5.91 Å². The smallest absolute Gasteiger partial charge is 0.232 e. The molecule has 0 rings (SSSR count). The van der Waals surface area contributed by atoms with Gasteiger partial charge >= 0.3 is 0 Å². The van der Waals surface area contributed by atoms with E-state index in [0.717, 1.165) is 44.9 Å². The molecular weight excluding hydrogens is 306 g/mol. The zero-order chi connectivity index (χ0) is 18.2. The van der Waals surface area contributed by atoms with Crippen molar-refractivity contribution in [1.82, 2.24) is 5.32 Å². The maximum Gasteiger partial charge on any atom is 0.232 e. The summed E-state index contributed by atoms with van der Waals surface area (Å²) in [6.07, 6.45) is 9.40. The number of amides is 1. The number of aliphatic hydroxyl groups is 2. The van der Waals surface area contributed by atoms with Crippen molar-refractivity contribution in [3.63, 3.8) is 0 Å². The van der Waals surface area contributed by atoms with E-state index in [2.05, 4.69) is 19.2 Å². The summed E-state index contributed by atoms with van der Waals surface area (Å²) in [6, 6.07) is 0. The largest absolute Gasteiger partial charge is 0.396 e. The van der Waals surface area contributed by atoms with Crippen molar-refractivity contribution in [2.24, 2.45) is 5.92 Å². The molecule has 0 bridgehead atoms. The SMILES string of the molecule is CCCCCCCC(=O)C(CCCCCC)C(=O)NC(O)CCO. The third-order valence-electron chi connectivity index (χ3n) is 4.29. The lowest BCUT2D eigenvalue weighted by molar-refractivity contribution is -0.136. The molecule has 3 N–H and O–H groups in total. The van der Waals surface area contributed by atoms with Crippen molar-refractivity contribution in [3.8, 4) is 0 Å². The monoisotopic (exact) mass is 343 g/mol. The standard InChI is InChI=1S/C19H37NO4/c1-3-5-7-9-11-13-17(22)16(12-10-8-6-4-2)19(24)20-18(23)14-15-21/h16,18,21,23H,3-15H2,1-2H3,(H,20,24). The van der Waals surface area contributed by atoms with Gasteiger partial charge in [0.05, 0.1) is 5.92 Å². The van der Waals surface area contributed by atoms with Crippen LogP contribution in [0.25, 0.3) is 0 Å². The van der Waals surface area contributed by atoms with Crippen molar-refractivity contribution in [1.29, 1.82) is 0 Å². The van der Waals surface area contributed by atoms with E-state index in [1.807, 2.05) is 0 Å². The van der Waals surface area contributed by atoms with Crippen LogP contribution in [0, 0.1) is 5.92 Å². The normalized spacial score (nSPS) is 13.5. The zero-order valence-corrected chi connectivity index (χ0v) is 15.6. The number of ketones is 1. The molecule has 5 nitrogen and oxygen atoms in total. The number of carbonyl (C=O) groups excluding carboxylic acids is 2. The molecule has 2 unspecified atom stereocenters. The van der Waals surface area contributed by atoms with Gasteiger partial charge in [-0.05, 0) is 12.8 Å². The molecule has 0 aromatic heterocycles. The Morgan fingerprint density at radius 2 is 1.46 bits per heavy atom. The summed E-state index contributed by atoms with van der Waals surface area (Å²) in [4.78, 5) is 24.7. The Morgan fingerprint density at radius 3 is 2.04 bits per heavy atom. The average molecular weight is 344 g/mol. The van der Waals surface area contributed by atoms with E-state index in [4.69, 9.17) is 5.11 Å². The Bertz CT molecular complexity index is 333. The van der Waals surface area contributed by atoms with Crippen LogP contribution in [0.4, 0.5) is 0 Å². The van der Waals surface area contributed by atoms with E-state index < -0.39 is 18.1 Å². The summed E-state index contributed by atoms with van der Waals surface area (Å²) in [5.41, 5.74) is 0. The van der Waals surface area contributed by atoms with E-state index in [1.54, 1.807) is 0 Å². The molecule has 0 radical (unpaired) electrons. The van der Waals surface area contributed by atoms with Crippen molar-refractivity contribution >= 4 is 11.7 Å². The molecule has 0 fully saturated rings. The molecule has 0 aliphatic carbocycles. The predicted octanol–water partition coefficient (Wildman–Crippen LogP) is 3.32. The molecule has 0 aliphatic heterocycles. The average Bonchev–Trinajstić information content (AvgIpc) is 2.54.